The summed E-state index contributed by atoms with van der Waals surface area (Å²) in [4.78, 5) is 4.43. The molecule has 1 aliphatic heterocycles. The van der Waals surface area contributed by atoms with Crippen LogP contribution >= 0.6 is 0 Å². The lowest BCUT2D eigenvalue weighted by Crippen LogP contribution is -2.17. The van der Waals surface area contributed by atoms with E-state index in [-0.39, 0.29) is 6.10 Å². The van der Waals surface area contributed by atoms with Gasteiger partial charge in [-0.1, -0.05) is 6.08 Å². The number of aryl methyl sites for hydroxylation is 1. The first-order valence-electron chi connectivity index (χ1n) is 7.52. The molecular formula is C17H22N2O2. The number of fused-ring (bicyclic) bond motifs is 1. The number of aromatic nitrogens is 2. The highest BCUT2D eigenvalue weighted by Crippen LogP contribution is 2.31. The maximum Gasteiger partial charge on any atom is 0.238 e. The molecule has 0 spiro atoms. The van der Waals surface area contributed by atoms with E-state index in [1.54, 1.807) is 0 Å². The molecule has 3 heterocycles. The van der Waals surface area contributed by atoms with Crippen molar-refractivity contribution < 1.29 is 9.47 Å². The molecule has 4 nitrogen and oxygen atoms in total. The van der Waals surface area contributed by atoms with Crippen LogP contribution in [0.1, 0.15) is 24.1 Å². The number of ether oxygens (including phenoxy) is 2. The molecule has 1 saturated heterocycles. The quantitative estimate of drug-likeness (QED) is 0.790. The molecule has 0 bridgehead atoms. The fourth-order valence-corrected chi connectivity index (χ4v) is 2.97. The molecule has 0 saturated carbocycles. The molecule has 1 unspecified atom stereocenters. The molecule has 3 rings (SSSR count). The molecule has 0 aliphatic carbocycles. The van der Waals surface area contributed by atoms with Gasteiger partial charge in [0, 0.05) is 30.4 Å². The van der Waals surface area contributed by atoms with E-state index in [2.05, 4.69) is 36.0 Å². The lowest BCUT2D eigenvalue weighted by Gasteiger charge is -2.13. The van der Waals surface area contributed by atoms with Gasteiger partial charge in [-0.05, 0) is 38.3 Å². The second-order valence-electron chi connectivity index (χ2n) is 5.57. The summed E-state index contributed by atoms with van der Waals surface area (Å²) in [6.45, 7) is 10.3. The Hall–Kier alpha value is -1.81. The van der Waals surface area contributed by atoms with Crippen molar-refractivity contribution in [1.29, 1.82) is 0 Å². The largest absolute Gasteiger partial charge is 0.473 e. The molecule has 4 heteroatoms. The molecule has 0 aromatic carbocycles. The second kappa shape index (κ2) is 5.90. The number of allylic oxidation sites excluding steroid dienone is 1. The van der Waals surface area contributed by atoms with Crippen LogP contribution in [0.2, 0.25) is 0 Å². The Morgan fingerprint density at radius 1 is 1.52 bits per heavy atom. The predicted octanol–water partition coefficient (Wildman–Crippen LogP) is 3.40. The van der Waals surface area contributed by atoms with Gasteiger partial charge in [0.1, 0.15) is 12.1 Å². The fraction of sp³-hybridized carbons (Fsp3) is 0.471. The van der Waals surface area contributed by atoms with Gasteiger partial charge in [-0.15, -0.1) is 6.58 Å². The Kier molecular flexibility index (Phi) is 3.97. The molecule has 1 atom stereocenters. The second-order valence-corrected chi connectivity index (χ2v) is 5.57. The number of pyridine rings is 1. The van der Waals surface area contributed by atoms with Gasteiger partial charge in [0.05, 0.1) is 6.10 Å². The normalized spacial score (nSPS) is 18.3. The molecule has 0 amide bonds. The average Bonchev–Trinajstić information content (AvgIpc) is 3.09. The SMILES string of the molecule is C=CCn1c(C)c(C)c2ccnc(OCC3CCCO3)c21. The fourth-order valence-electron chi connectivity index (χ4n) is 2.97. The smallest absolute Gasteiger partial charge is 0.238 e. The Morgan fingerprint density at radius 3 is 3.10 bits per heavy atom. The van der Waals surface area contributed by atoms with Crippen molar-refractivity contribution in [2.45, 2.75) is 39.3 Å². The molecule has 21 heavy (non-hydrogen) atoms. The monoisotopic (exact) mass is 286 g/mol. The van der Waals surface area contributed by atoms with E-state index in [1.807, 2.05) is 12.3 Å². The van der Waals surface area contributed by atoms with E-state index in [1.165, 1.54) is 16.6 Å². The summed E-state index contributed by atoms with van der Waals surface area (Å²) in [7, 11) is 0. The van der Waals surface area contributed by atoms with E-state index in [0.29, 0.717) is 12.5 Å². The summed E-state index contributed by atoms with van der Waals surface area (Å²) in [5.74, 6) is 0.695. The van der Waals surface area contributed by atoms with Crippen LogP contribution < -0.4 is 4.74 Å². The van der Waals surface area contributed by atoms with Crippen LogP contribution in [0.25, 0.3) is 10.9 Å². The first kappa shape index (κ1) is 14.1. The molecule has 112 valence electrons. The van der Waals surface area contributed by atoms with Gasteiger partial charge >= 0.3 is 0 Å². The zero-order valence-electron chi connectivity index (χ0n) is 12.8. The van der Waals surface area contributed by atoms with Gasteiger partial charge in [0.2, 0.25) is 5.88 Å². The van der Waals surface area contributed by atoms with Crippen LogP contribution in [-0.2, 0) is 11.3 Å². The van der Waals surface area contributed by atoms with E-state index < -0.39 is 0 Å². The van der Waals surface area contributed by atoms with E-state index in [4.69, 9.17) is 9.47 Å². The van der Waals surface area contributed by atoms with Gasteiger partial charge in [-0.25, -0.2) is 4.98 Å². The summed E-state index contributed by atoms with van der Waals surface area (Å²) >= 11 is 0. The third-order valence-electron chi connectivity index (χ3n) is 4.25. The summed E-state index contributed by atoms with van der Waals surface area (Å²) in [6.07, 6.45) is 6.12. The highest BCUT2D eigenvalue weighted by atomic mass is 16.5. The molecule has 2 aromatic rings. The molecule has 0 N–H and O–H groups in total. The molecule has 2 aromatic heterocycles. The highest BCUT2D eigenvalue weighted by Gasteiger charge is 2.19. The van der Waals surface area contributed by atoms with Crippen molar-refractivity contribution in [3.05, 3.63) is 36.2 Å². The highest BCUT2D eigenvalue weighted by molar-refractivity contribution is 5.88. The van der Waals surface area contributed by atoms with Crippen molar-refractivity contribution in [3.8, 4) is 5.88 Å². The minimum Gasteiger partial charge on any atom is -0.473 e. The van der Waals surface area contributed by atoms with Crippen LogP contribution in [0.3, 0.4) is 0 Å². The maximum atomic E-state index is 5.97. The summed E-state index contributed by atoms with van der Waals surface area (Å²) in [5, 5.41) is 1.20. The minimum absolute atomic E-state index is 0.201. The number of hydrogen-bond donors (Lipinski definition) is 0. The van der Waals surface area contributed by atoms with E-state index in [0.717, 1.165) is 31.5 Å². The van der Waals surface area contributed by atoms with Crippen LogP contribution in [0.5, 0.6) is 5.88 Å². The zero-order chi connectivity index (χ0) is 14.8. The van der Waals surface area contributed by atoms with E-state index in [9.17, 15) is 0 Å². The molecule has 0 radical (unpaired) electrons. The third-order valence-corrected chi connectivity index (χ3v) is 4.25. The lowest BCUT2D eigenvalue weighted by atomic mass is 10.2. The van der Waals surface area contributed by atoms with Gasteiger partial charge in [0.25, 0.3) is 0 Å². The zero-order valence-corrected chi connectivity index (χ0v) is 12.8. The van der Waals surface area contributed by atoms with Crippen molar-refractivity contribution in [2.75, 3.05) is 13.2 Å². The molecule has 1 fully saturated rings. The first-order chi connectivity index (χ1) is 10.2. The summed E-state index contributed by atoms with van der Waals surface area (Å²) in [5.41, 5.74) is 3.57. The van der Waals surface area contributed by atoms with Crippen LogP contribution in [0.15, 0.2) is 24.9 Å². The van der Waals surface area contributed by atoms with E-state index >= 15 is 0 Å². The van der Waals surface area contributed by atoms with Crippen molar-refractivity contribution in [3.63, 3.8) is 0 Å². The van der Waals surface area contributed by atoms with Crippen molar-refractivity contribution in [1.82, 2.24) is 9.55 Å². The van der Waals surface area contributed by atoms with Crippen molar-refractivity contribution >= 4 is 10.9 Å². The molecular weight excluding hydrogens is 264 g/mol. The summed E-state index contributed by atoms with van der Waals surface area (Å²) in [6, 6.07) is 2.05. The van der Waals surface area contributed by atoms with Gasteiger partial charge in [-0.3, -0.25) is 0 Å². The predicted molar refractivity (Wildman–Crippen MR) is 83.9 cm³/mol. The van der Waals surface area contributed by atoms with Gasteiger partial charge < -0.3 is 14.0 Å². The first-order valence-corrected chi connectivity index (χ1v) is 7.52. The van der Waals surface area contributed by atoms with Crippen LogP contribution in [0.4, 0.5) is 0 Å². The van der Waals surface area contributed by atoms with Crippen molar-refractivity contribution in [2.24, 2.45) is 0 Å². The van der Waals surface area contributed by atoms with Gasteiger partial charge in [-0.2, -0.15) is 0 Å². The molecule has 1 aliphatic rings. The number of rotatable bonds is 5. The van der Waals surface area contributed by atoms with Crippen LogP contribution in [-0.4, -0.2) is 28.9 Å². The lowest BCUT2D eigenvalue weighted by molar-refractivity contribution is 0.0668. The minimum atomic E-state index is 0.201. The van der Waals surface area contributed by atoms with Crippen LogP contribution in [0, 0.1) is 13.8 Å². The Bertz CT molecular complexity index is 654. The van der Waals surface area contributed by atoms with Gasteiger partial charge in [0.15, 0.2) is 0 Å². The number of hydrogen-bond acceptors (Lipinski definition) is 3. The Labute approximate surface area is 125 Å². The average molecular weight is 286 g/mol. The topological polar surface area (TPSA) is 36.3 Å². The summed E-state index contributed by atoms with van der Waals surface area (Å²) < 4.78 is 13.8. The number of nitrogens with zero attached hydrogens (tertiary/aromatic N) is 2. The Morgan fingerprint density at radius 2 is 2.38 bits per heavy atom. The Balaban J connectivity index is 1.97. The standard InChI is InChI=1S/C17H22N2O2/c1-4-9-19-13(3)12(2)15-7-8-18-17(16(15)19)21-11-14-6-5-10-20-14/h4,7-8,14H,1,5-6,9-11H2,2-3H3. The third kappa shape index (κ3) is 2.56. The maximum absolute atomic E-state index is 5.97.